The predicted molar refractivity (Wildman–Crippen MR) is 73.5 cm³/mol. The molecule has 1 atom stereocenters. The van der Waals surface area contributed by atoms with E-state index in [1.807, 2.05) is 12.3 Å². The van der Waals surface area contributed by atoms with E-state index in [1.165, 1.54) is 11.3 Å². The third-order valence-corrected chi connectivity index (χ3v) is 5.44. The summed E-state index contributed by atoms with van der Waals surface area (Å²) in [5.41, 5.74) is 6.29. The molecule has 0 fully saturated rings. The van der Waals surface area contributed by atoms with E-state index in [1.54, 1.807) is 6.92 Å². The summed E-state index contributed by atoms with van der Waals surface area (Å²) in [6.45, 7) is 3.77. The first kappa shape index (κ1) is 14.5. The summed E-state index contributed by atoms with van der Waals surface area (Å²) >= 11 is 6.16. The van der Waals surface area contributed by atoms with Crippen LogP contribution in [0.4, 0.5) is 0 Å². The van der Waals surface area contributed by atoms with Crippen LogP contribution in [0.25, 0.3) is 0 Å². The Bertz CT molecular complexity index is 495. The summed E-state index contributed by atoms with van der Waals surface area (Å²) in [5.74, 6) is 0. The van der Waals surface area contributed by atoms with Crippen molar-refractivity contribution in [3.05, 3.63) is 16.1 Å². The van der Waals surface area contributed by atoms with Gasteiger partial charge in [0.1, 0.15) is 10.3 Å². The van der Waals surface area contributed by atoms with Crippen LogP contribution in [0.15, 0.2) is 5.38 Å². The van der Waals surface area contributed by atoms with Crippen LogP contribution in [0.1, 0.15) is 24.0 Å². The molecule has 1 unspecified atom stereocenters. The first-order valence-electron chi connectivity index (χ1n) is 5.05. The van der Waals surface area contributed by atoms with Gasteiger partial charge in [-0.15, -0.1) is 11.3 Å². The fourth-order valence-electron chi connectivity index (χ4n) is 1.32. The molecule has 17 heavy (non-hydrogen) atoms. The molecule has 8 heteroatoms. The maximum Gasteiger partial charge on any atom is 0.221 e. The molecule has 1 heterocycles. The van der Waals surface area contributed by atoms with Crippen molar-refractivity contribution in [2.24, 2.45) is 5.73 Å². The fraction of sp³-hybridized carbons (Fsp3) is 0.556. The number of thiazole rings is 1. The van der Waals surface area contributed by atoms with Gasteiger partial charge in [-0.3, -0.25) is 0 Å². The Morgan fingerprint density at radius 2 is 2.35 bits per heavy atom. The van der Waals surface area contributed by atoms with Gasteiger partial charge in [0.15, 0.2) is 0 Å². The number of hydrogen-bond acceptors (Lipinski definition) is 5. The average molecular weight is 293 g/mol. The van der Waals surface area contributed by atoms with Gasteiger partial charge in [-0.2, -0.15) is 0 Å². The quantitative estimate of drug-likeness (QED) is 0.762. The largest absolute Gasteiger partial charge is 0.392 e. The zero-order valence-corrected chi connectivity index (χ0v) is 12.1. The number of sulfonamides is 1. The normalized spacial score (nSPS) is 13.5. The molecule has 0 aliphatic carbocycles. The van der Waals surface area contributed by atoms with Crippen LogP contribution in [-0.2, 0) is 16.6 Å². The van der Waals surface area contributed by atoms with Gasteiger partial charge in [0.2, 0.25) is 10.0 Å². The second-order valence-electron chi connectivity index (χ2n) is 3.55. The van der Waals surface area contributed by atoms with Crippen LogP contribution >= 0.6 is 23.6 Å². The molecule has 0 aliphatic rings. The van der Waals surface area contributed by atoms with Crippen molar-refractivity contribution in [3.63, 3.8) is 0 Å². The molecule has 0 saturated heterocycles. The van der Waals surface area contributed by atoms with Crippen LogP contribution in [-0.4, -0.2) is 23.6 Å². The fourth-order valence-corrected chi connectivity index (χ4v) is 3.95. The van der Waals surface area contributed by atoms with E-state index in [4.69, 9.17) is 18.0 Å². The van der Waals surface area contributed by atoms with Gasteiger partial charge in [-0.25, -0.2) is 18.1 Å². The SMILES string of the molecule is CCC(C(N)=S)S(=O)(=O)NCc1nc(C)cs1. The highest BCUT2D eigenvalue weighted by molar-refractivity contribution is 7.93. The Balaban J connectivity index is 2.70. The number of aromatic nitrogens is 1. The van der Waals surface area contributed by atoms with E-state index in [2.05, 4.69) is 9.71 Å². The number of aryl methyl sites for hydroxylation is 1. The molecular weight excluding hydrogens is 278 g/mol. The molecule has 1 rings (SSSR count). The minimum absolute atomic E-state index is 0.00433. The Morgan fingerprint density at radius 1 is 1.71 bits per heavy atom. The van der Waals surface area contributed by atoms with Crippen LogP contribution in [0.5, 0.6) is 0 Å². The van der Waals surface area contributed by atoms with Crippen molar-refractivity contribution < 1.29 is 8.42 Å². The minimum Gasteiger partial charge on any atom is -0.392 e. The predicted octanol–water partition coefficient (Wildman–Crippen LogP) is 0.936. The summed E-state index contributed by atoms with van der Waals surface area (Å²) in [6.07, 6.45) is 0.363. The topological polar surface area (TPSA) is 85.1 Å². The molecular formula is C9H15N3O2S3. The van der Waals surface area contributed by atoms with Gasteiger partial charge in [0, 0.05) is 11.1 Å². The van der Waals surface area contributed by atoms with E-state index in [9.17, 15) is 8.42 Å². The van der Waals surface area contributed by atoms with Crippen LogP contribution in [0.2, 0.25) is 0 Å². The third-order valence-electron chi connectivity index (χ3n) is 2.15. The molecule has 1 aromatic rings. The van der Waals surface area contributed by atoms with Crippen molar-refractivity contribution in [2.45, 2.75) is 32.1 Å². The monoisotopic (exact) mass is 293 g/mol. The number of rotatable bonds is 6. The second-order valence-corrected chi connectivity index (χ2v) is 6.91. The Labute approximate surface area is 110 Å². The summed E-state index contributed by atoms with van der Waals surface area (Å²) < 4.78 is 26.2. The first-order chi connectivity index (χ1) is 7.86. The maximum atomic E-state index is 11.9. The lowest BCUT2D eigenvalue weighted by Crippen LogP contribution is -2.41. The van der Waals surface area contributed by atoms with Gasteiger partial charge in [-0.05, 0) is 13.3 Å². The summed E-state index contributed by atoms with van der Waals surface area (Å²) in [5, 5.41) is 1.77. The second kappa shape index (κ2) is 5.85. The molecule has 0 saturated carbocycles. The van der Waals surface area contributed by atoms with Crippen LogP contribution in [0.3, 0.4) is 0 Å². The zero-order valence-electron chi connectivity index (χ0n) is 9.63. The molecule has 0 radical (unpaired) electrons. The van der Waals surface area contributed by atoms with Crippen molar-refractivity contribution in [1.82, 2.24) is 9.71 Å². The highest BCUT2D eigenvalue weighted by Gasteiger charge is 2.26. The molecule has 0 spiro atoms. The molecule has 3 N–H and O–H groups in total. The molecule has 1 aromatic heterocycles. The number of nitrogens with zero attached hydrogens (tertiary/aromatic N) is 1. The van der Waals surface area contributed by atoms with Gasteiger partial charge in [0.25, 0.3) is 0 Å². The third kappa shape index (κ3) is 3.98. The van der Waals surface area contributed by atoms with Gasteiger partial charge in [-0.1, -0.05) is 19.1 Å². The molecule has 96 valence electrons. The van der Waals surface area contributed by atoms with E-state index in [-0.39, 0.29) is 11.5 Å². The molecule has 0 amide bonds. The highest BCUT2D eigenvalue weighted by atomic mass is 32.2. The van der Waals surface area contributed by atoms with Crippen LogP contribution in [0, 0.1) is 6.92 Å². The number of hydrogen-bond donors (Lipinski definition) is 2. The Hall–Kier alpha value is -0.570. The lowest BCUT2D eigenvalue weighted by Gasteiger charge is -2.14. The van der Waals surface area contributed by atoms with E-state index < -0.39 is 15.3 Å². The lowest BCUT2D eigenvalue weighted by molar-refractivity contribution is 0.574. The summed E-state index contributed by atoms with van der Waals surface area (Å²) in [7, 11) is -3.51. The highest BCUT2D eigenvalue weighted by Crippen LogP contribution is 2.10. The number of nitrogens with two attached hydrogens (primary N) is 1. The van der Waals surface area contributed by atoms with Crippen molar-refractivity contribution >= 4 is 38.6 Å². The van der Waals surface area contributed by atoms with E-state index in [0.717, 1.165) is 10.7 Å². The van der Waals surface area contributed by atoms with Crippen molar-refractivity contribution in [1.29, 1.82) is 0 Å². The standard InChI is InChI=1S/C9H15N3O2S3/c1-3-7(9(10)15)17(13,14)11-4-8-12-6(2)5-16-8/h5,7,11H,3-4H2,1-2H3,(H2,10,15). The maximum absolute atomic E-state index is 11.9. The van der Waals surface area contributed by atoms with E-state index >= 15 is 0 Å². The number of thiocarbonyl (C=S) groups is 1. The summed E-state index contributed by atoms with van der Waals surface area (Å²) in [4.78, 5) is 4.17. The van der Waals surface area contributed by atoms with Crippen LogP contribution < -0.4 is 10.5 Å². The lowest BCUT2D eigenvalue weighted by atomic mass is 10.3. The van der Waals surface area contributed by atoms with Gasteiger partial charge in [0.05, 0.1) is 11.5 Å². The van der Waals surface area contributed by atoms with Gasteiger partial charge < -0.3 is 5.73 Å². The average Bonchev–Trinajstić information content (AvgIpc) is 2.61. The molecule has 0 aliphatic heterocycles. The molecule has 5 nitrogen and oxygen atoms in total. The molecule has 0 bridgehead atoms. The molecule has 0 aromatic carbocycles. The van der Waals surface area contributed by atoms with Crippen molar-refractivity contribution in [2.75, 3.05) is 0 Å². The van der Waals surface area contributed by atoms with Gasteiger partial charge >= 0.3 is 0 Å². The first-order valence-corrected chi connectivity index (χ1v) is 7.89. The number of nitrogens with one attached hydrogen (secondary N) is 1. The zero-order chi connectivity index (χ0) is 13.1. The Kier molecular flexibility index (Phi) is 4.99. The summed E-state index contributed by atoms with van der Waals surface area (Å²) in [6, 6.07) is 0. The van der Waals surface area contributed by atoms with E-state index in [0.29, 0.717) is 6.42 Å². The Morgan fingerprint density at radius 3 is 2.76 bits per heavy atom. The minimum atomic E-state index is -3.51. The van der Waals surface area contributed by atoms with Crippen molar-refractivity contribution in [3.8, 4) is 0 Å². The smallest absolute Gasteiger partial charge is 0.221 e.